The van der Waals surface area contributed by atoms with Gasteiger partial charge in [-0.3, -0.25) is 9.59 Å². The number of amides is 2. The average Bonchev–Trinajstić information content (AvgIpc) is 3.06. The molecule has 1 aromatic carbocycles. The van der Waals surface area contributed by atoms with Gasteiger partial charge in [-0.15, -0.1) is 5.10 Å². The number of H-pyrrole nitrogens is 1. The van der Waals surface area contributed by atoms with E-state index < -0.39 is 0 Å². The Hall–Kier alpha value is -3.16. The lowest BCUT2D eigenvalue weighted by Crippen LogP contribution is -2.19. The van der Waals surface area contributed by atoms with Crippen LogP contribution in [-0.4, -0.2) is 31.8 Å². The smallest absolute Gasteiger partial charge is 0.246 e. The van der Waals surface area contributed by atoms with E-state index in [0.29, 0.717) is 11.5 Å². The van der Waals surface area contributed by atoms with E-state index in [1.807, 2.05) is 24.3 Å². The molecule has 112 valence electrons. The molecule has 0 aliphatic carbocycles. The number of benzene rings is 1. The van der Waals surface area contributed by atoms with E-state index in [1.165, 1.54) is 17.8 Å². The third kappa shape index (κ3) is 2.95. The van der Waals surface area contributed by atoms with Crippen LogP contribution in [-0.2, 0) is 16.1 Å². The van der Waals surface area contributed by atoms with Crippen LogP contribution in [0.2, 0.25) is 0 Å². The lowest BCUT2D eigenvalue weighted by atomic mass is 10.2. The maximum Gasteiger partial charge on any atom is 0.246 e. The highest BCUT2D eigenvalue weighted by Gasteiger charge is 2.09. The van der Waals surface area contributed by atoms with Crippen LogP contribution >= 0.6 is 0 Å². The predicted octanol–water partition coefficient (Wildman–Crippen LogP) is 1.36. The molecule has 0 radical (unpaired) electrons. The fourth-order valence-corrected chi connectivity index (χ4v) is 2.13. The molecule has 3 N–H and O–H groups in total. The number of carbonyl (C=O) groups excluding carboxylic acids is 2. The number of hydrogen-bond donors (Lipinski definition) is 3. The second-order valence-electron chi connectivity index (χ2n) is 4.78. The van der Waals surface area contributed by atoms with Crippen LogP contribution in [0.5, 0.6) is 0 Å². The molecular weight excluding hydrogens is 284 g/mol. The van der Waals surface area contributed by atoms with Gasteiger partial charge in [-0.05, 0) is 6.07 Å². The van der Waals surface area contributed by atoms with Crippen molar-refractivity contribution >= 4 is 34.2 Å². The zero-order valence-electron chi connectivity index (χ0n) is 11.8. The number of anilines is 2. The van der Waals surface area contributed by atoms with Gasteiger partial charge in [0.2, 0.25) is 11.8 Å². The molecule has 0 fully saturated rings. The molecule has 0 bridgehead atoms. The van der Waals surface area contributed by atoms with Crippen molar-refractivity contribution in [1.82, 2.24) is 20.0 Å². The van der Waals surface area contributed by atoms with E-state index in [2.05, 4.69) is 25.9 Å². The lowest BCUT2D eigenvalue weighted by molar-refractivity contribution is -0.117. The minimum absolute atomic E-state index is 0.00604. The molecule has 2 aromatic heterocycles. The highest BCUT2D eigenvalue weighted by atomic mass is 16.2. The van der Waals surface area contributed by atoms with Gasteiger partial charge in [-0.2, -0.15) is 0 Å². The summed E-state index contributed by atoms with van der Waals surface area (Å²) in [5.74, 6) is -0.160. The standard InChI is InChI=1S/C14H14N6O2/c1-9(21)16-13-7-20(19-18-13)8-14(22)17-12-6-15-11-5-3-2-4-10(11)12/h2-7,15H,8H2,1H3,(H,16,21)(H,17,22). The van der Waals surface area contributed by atoms with Gasteiger partial charge in [-0.25, -0.2) is 4.68 Å². The molecule has 2 amide bonds. The van der Waals surface area contributed by atoms with E-state index in [4.69, 9.17) is 0 Å². The van der Waals surface area contributed by atoms with Crippen molar-refractivity contribution in [2.45, 2.75) is 13.5 Å². The molecule has 8 nitrogen and oxygen atoms in total. The van der Waals surface area contributed by atoms with Crippen LogP contribution in [0.4, 0.5) is 11.5 Å². The van der Waals surface area contributed by atoms with E-state index in [1.54, 1.807) is 6.20 Å². The molecule has 0 spiro atoms. The first-order chi connectivity index (χ1) is 10.6. The predicted molar refractivity (Wildman–Crippen MR) is 81.3 cm³/mol. The van der Waals surface area contributed by atoms with Gasteiger partial charge >= 0.3 is 0 Å². The lowest BCUT2D eigenvalue weighted by Gasteiger charge is -2.03. The van der Waals surface area contributed by atoms with Crippen molar-refractivity contribution in [3.63, 3.8) is 0 Å². The van der Waals surface area contributed by atoms with E-state index in [0.717, 1.165) is 10.9 Å². The van der Waals surface area contributed by atoms with Gasteiger partial charge in [0.25, 0.3) is 0 Å². The van der Waals surface area contributed by atoms with Crippen molar-refractivity contribution in [3.05, 3.63) is 36.7 Å². The number of aromatic nitrogens is 4. The largest absolute Gasteiger partial charge is 0.359 e. The summed E-state index contributed by atoms with van der Waals surface area (Å²) in [6, 6.07) is 7.68. The Kier molecular flexibility index (Phi) is 3.57. The van der Waals surface area contributed by atoms with Gasteiger partial charge in [-0.1, -0.05) is 23.4 Å². The van der Waals surface area contributed by atoms with Crippen molar-refractivity contribution in [1.29, 1.82) is 0 Å². The summed E-state index contributed by atoms with van der Waals surface area (Å²) < 4.78 is 1.36. The number of rotatable bonds is 4. The zero-order valence-corrected chi connectivity index (χ0v) is 11.8. The quantitative estimate of drug-likeness (QED) is 0.676. The van der Waals surface area contributed by atoms with Crippen LogP contribution < -0.4 is 10.6 Å². The minimum atomic E-state index is -0.240. The molecule has 3 aromatic rings. The number of hydrogen-bond acceptors (Lipinski definition) is 4. The molecule has 0 saturated carbocycles. The van der Waals surface area contributed by atoms with Gasteiger partial charge in [0, 0.05) is 24.0 Å². The minimum Gasteiger partial charge on any atom is -0.359 e. The Morgan fingerprint density at radius 3 is 2.91 bits per heavy atom. The molecule has 0 unspecified atom stereocenters. The second kappa shape index (κ2) is 5.68. The number of para-hydroxylation sites is 1. The summed E-state index contributed by atoms with van der Waals surface area (Å²) in [7, 11) is 0. The first-order valence-corrected chi connectivity index (χ1v) is 6.65. The van der Waals surface area contributed by atoms with E-state index in [-0.39, 0.29) is 18.4 Å². The second-order valence-corrected chi connectivity index (χ2v) is 4.78. The van der Waals surface area contributed by atoms with Crippen LogP contribution in [0.15, 0.2) is 36.7 Å². The van der Waals surface area contributed by atoms with Gasteiger partial charge in [0.05, 0.1) is 11.9 Å². The topological polar surface area (TPSA) is 105 Å². The van der Waals surface area contributed by atoms with Crippen LogP contribution in [0, 0.1) is 0 Å². The molecule has 0 atom stereocenters. The molecule has 0 saturated heterocycles. The number of aromatic amines is 1. The summed E-state index contributed by atoms with van der Waals surface area (Å²) >= 11 is 0. The van der Waals surface area contributed by atoms with Crippen molar-refractivity contribution < 1.29 is 9.59 Å². The van der Waals surface area contributed by atoms with Crippen LogP contribution in [0.3, 0.4) is 0 Å². The Bertz CT molecular complexity index is 835. The fraction of sp³-hybridized carbons (Fsp3) is 0.143. The molecule has 0 aliphatic rings. The van der Waals surface area contributed by atoms with Crippen LogP contribution in [0.25, 0.3) is 10.9 Å². The molecule has 0 aliphatic heterocycles. The van der Waals surface area contributed by atoms with Gasteiger partial charge < -0.3 is 15.6 Å². The molecule has 8 heteroatoms. The number of fused-ring (bicyclic) bond motifs is 1. The van der Waals surface area contributed by atoms with E-state index >= 15 is 0 Å². The molecule has 22 heavy (non-hydrogen) atoms. The van der Waals surface area contributed by atoms with Gasteiger partial charge in [0.1, 0.15) is 6.54 Å². The SMILES string of the molecule is CC(=O)Nc1cn(CC(=O)Nc2c[nH]c3ccccc23)nn1. The first kappa shape index (κ1) is 13.8. The Balaban J connectivity index is 1.67. The number of nitrogens with one attached hydrogen (secondary N) is 3. The average molecular weight is 298 g/mol. The molecule has 2 heterocycles. The summed E-state index contributed by atoms with van der Waals surface area (Å²) in [5, 5.41) is 13.8. The van der Waals surface area contributed by atoms with Crippen molar-refractivity contribution in [3.8, 4) is 0 Å². The fourth-order valence-electron chi connectivity index (χ4n) is 2.13. The van der Waals surface area contributed by atoms with Crippen molar-refractivity contribution in [2.24, 2.45) is 0 Å². The Morgan fingerprint density at radius 2 is 2.09 bits per heavy atom. The number of carbonyl (C=O) groups is 2. The maximum absolute atomic E-state index is 12.1. The molecule has 3 rings (SSSR count). The third-order valence-electron chi connectivity index (χ3n) is 3.01. The zero-order chi connectivity index (χ0) is 15.5. The number of nitrogens with zero attached hydrogens (tertiary/aromatic N) is 3. The first-order valence-electron chi connectivity index (χ1n) is 6.65. The normalized spacial score (nSPS) is 10.6. The maximum atomic E-state index is 12.1. The summed E-state index contributed by atoms with van der Waals surface area (Å²) in [6.45, 7) is 1.38. The van der Waals surface area contributed by atoms with Crippen LogP contribution in [0.1, 0.15) is 6.92 Å². The Morgan fingerprint density at radius 1 is 1.27 bits per heavy atom. The highest BCUT2D eigenvalue weighted by molar-refractivity contribution is 6.01. The van der Waals surface area contributed by atoms with Crippen molar-refractivity contribution in [2.75, 3.05) is 10.6 Å². The summed E-state index contributed by atoms with van der Waals surface area (Å²) in [6.07, 6.45) is 3.24. The Labute approximate surface area is 125 Å². The van der Waals surface area contributed by atoms with Gasteiger partial charge in [0.15, 0.2) is 5.82 Å². The van der Waals surface area contributed by atoms with E-state index in [9.17, 15) is 9.59 Å². The molecular formula is C14H14N6O2. The summed E-state index contributed by atoms with van der Waals surface area (Å²) in [5.41, 5.74) is 1.66. The third-order valence-corrected chi connectivity index (χ3v) is 3.01. The monoisotopic (exact) mass is 298 g/mol. The highest BCUT2D eigenvalue weighted by Crippen LogP contribution is 2.22. The summed E-state index contributed by atoms with van der Waals surface area (Å²) in [4.78, 5) is 26.0.